The summed E-state index contributed by atoms with van der Waals surface area (Å²) in [7, 11) is -3.65. The average Bonchev–Trinajstić information content (AvgIpc) is 2.90. The van der Waals surface area contributed by atoms with Gasteiger partial charge >= 0.3 is 6.09 Å². The minimum Gasteiger partial charge on any atom is -0.444 e. The van der Waals surface area contributed by atoms with E-state index in [1.807, 2.05) is 6.07 Å². The van der Waals surface area contributed by atoms with Crippen molar-refractivity contribution >= 4 is 51.2 Å². The molecule has 0 spiro atoms. The van der Waals surface area contributed by atoms with Gasteiger partial charge in [-0.3, -0.25) is 19.1 Å². The minimum absolute atomic E-state index is 0.139. The molecule has 1 unspecified atom stereocenters. The molecule has 3 aromatic carbocycles. The SMILES string of the molecule is CC(C)(C)OC(=O)Nc1ccccc1NC(=O)/C=C/c1ccc(C(CCOS(C)(=O)=O)C(=O)Nc2ccccc2)cc1. The van der Waals surface area contributed by atoms with Crippen LogP contribution in [0.5, 0.6) is 0 Å². The predicted octanol–water partition coefficient (Wildman–Crippen LogP) is 5.77. The number of nitrogens with one attached hydrogen (secondary N) is 3. The van der Waals surface area contributed by atoms with Gasteiger partial charge in [-0.1, -0.05) is 54.6 Å². The molecule has 3 aromatic rings. The summed E-state index contributed by atoms with van der Waals surface area (Å²) in [6.07, 6.45) is 3.41. The molecule has 10 nitrogen and oxygen atoms in total. The van der Waals surface area contributed by atoms with Gasteiger partial charge in [-0.15, -0.1) is 0 Å². The number of anilines is 3. The van der Waals surface area contributed by atoms with E-state index >= 15 is 0 Å². The van der Waals surface area contributed by atoms with Gasteiger partial charge < -0.3 is 15.4 Å². The number of rotatable bonds is 11. The van der Waals surface area contributed by atoms with Crippen molar-refractivity contribution in [1.29, 1.82) is 0 Å². The maximum absolute atomic E-state index is 13.1. The molecule has 0 fully saturated rings. The third-order valence-electron chi connectivity index (χ3n) is 5.65. The number of ether oxygens (including phenoxy) is 1. The van der Waals surface area contributed by atoms with Gasteiger partial charge in [-0.25, -0.2) is 4.79 Å². The van der Waals surface area contributed by atoms with Crippen LogP contribution in [0.4, 0.5) is 21.9 Å². The van der Waals surface area contributed by atoms with Crippen LogP contribution in [0.15, 0.2) is 84.9 Å². The summed E-state index contributed by atoms with van der Waals surface area (Å²) in [5.41, 5.74) is 2.09. The lowest BCUT2D eigenvalue weighted by atomic mass is 9.94. The predicted molar refractivity (Wildman–Crippen MR) is 164 cm³/mol. The van der Waals surface area contributed by atoms with Gasteiger partial charge in [0.05, 0.1) is 30.2 Å². The summed E-state index contributed by atoms with van der Waals surface area (Å²) in [6.45, 7) is 5.11. The molecule has 0 saturated heterocycles. The highest BCUT2D eigenvalue weighted by Crippen LogP contribution is 2.24. The van der Waals surface area contributed by atoms with Gasteiger partial charge in [-0.05, 0) is 68.7 Å². The van der Waals surface area contributed by atoms with E-state index in [0.29, 0.717) is 28.2 Å². The summed E-state index contributed by atoms with van der Waals surface area (Å²) in [5.74, 6) is -1.41. The summed E-state index contributed by atoms with van der Waals surface area (Å²) in [6, 6.07) is 22.7. The van der Waals surface area contributed by atoms with Gasteiger partial charge in [0.1, 0.15) is 5.60 Å². The van der Waals surface area contributed by atoms with Gasteiger partial charge in [0.15, 0.2) is 0 Å². The lowest BCUT2D eigenvalue weighted by molar-refractivity contribution is -0.118. The first-order chi connectivity index (χ1) is 19.8. The van der Waals surface area contributed by atoms with E-state index < -0.39 is 33.6 Å². The van der Waals surface area contributed by atoms with Gasteiger partial charge in [-0.2, -0.15) is 8.42 Å². The van der Waals surface area contributed by atoms with Crippen molar-refractivity contribution in [3.05, 3.63) is 96.1 Å². The zero-order valence-electron chi connectivity index (χ0n) is 23.9. The van der Waals surface area contributed by atoms with E-state index in [-0.39, 0.29) is 18.9 Å². The average molecular weight is 594 g/mol. The van der Waals surface area contributed by atoms with Crippen molar-refractivity contribution in [2.75, 3.05) is 28.8 Å². The second-order valence-corrected chi connectivity index (χ2v) is 12.0. The van der Waals surface area contributed by atoms with Crippen LogP contribution in [-0.4, -0.2) is 44.8 Å². The van der Waals surface area contributed by atoms with Crippen molar-refractivity contribution in [1.82, 2.24) is 0 Å². The van der Waals surface area contributed by atoms with Crippen molar-refractivity contribution in [3.8, 4) is 0 Å². The Morgan fingerprint density at radius 3 is 2.02 bits per heavy atom. The molecular weight excluding hydrogens is 558 g/mol. The largest absolute Gasteiger partial charge is 0.444 e. The highest BCUT2D eigenvalue weighted by Gasteiger charge is 2.22. The Balaban J connectivity index is 1.68. The molecule has 0 aliphatic heterocycles. The van der Waals surface area contributed by atoms with Crippen LogP contribution < -0.4 is 16.0 Å². The van der Waals surface area contributed by atoms with Crippen molar-refractivity contribution in [3.63, 3.8) is 0 Å². The fourth-order valence-electron chi connectivity index (χ4n) is 3.82. The van der Waals surface area contributed by atoms with E-state index in [1.165, 1.54) is 6.08 Å². The molecule has 222 valence electrons. The molecule has 0 bridgehead atoms. The standard InChI is InChI=1S/C31H35N3O7S/c1-31(2,3)41-30(37)34-27-13-9-8-12-26(27)33-28(35)19-16-22-14-17-23(18-15-22)25(20-21-40-42(4,38)39)29(36)32-24-10-6-5-7-11-24/h5-19,25H,20-21H2,1-4H3,(H,32,36)(H,33,35)(H,34,37)/b19-16+. The molecule has 3 N–H and O–H groups in total. The van der Waals surface area contributed by atoms with Crippen LogP contribution in [-0.2, 0) is 28.6 Å². The van der Waals surface area contributed by atoms with E-state index in [0.717, 1.165) is 6.26 Å². The first kappa shape index (κ1) is 32.0. The van der Waals surface area contributed by atoms with E-state index in [9.17, 15) is 22.8 Å². The number of benzene rings is 3. The molecule has 3 amide bonds. The topological polar surface area (TPSA) is 140 Å². The molecule has 42 heavy (non-hydrogen) atoms. The monoisotopic (exact) mass is 593 g/mol. The Bertz CT molecular complexity index is 1510. The Kier molecular flexibility index (Phi) is 11.0. The number of hydrogen-bond donors (Lipinski definition) is 3. The van der Waals surface area contributed by atoms with Crippen molar-refractivity contribution in [2.45, 2.75) is 38.7 Å². The molecule has 0 aliphatic rings. The van der Waals surface area contributed by atoms with Crippen molar-refractivity contribution in [2.24, 2.45) is 0 Å². The lowest BCUT2D eigenvalue weighted by Gasteiger charge is -2.20. The molecule has 0 saturated carbocycles. The van der Waals surface area contributed by atoms with E-state index in [4.69, 9.17) is 8.92 Å². The lowest BCUT2D eigenvalue weighted by Crippen LogP contribution is -2.27. The van der Waals surface area contributed by atoms with Crippen LogP contribution in [0.2, 0.25) is 0 Å². The van der Waals surface area contributed by atoms with Crippen molar-refractivity contribution < 1.29 is 31.7 Å². The zero-order valence-corrected chi connectivity index (χ0v) is 24.7. The van der Waals surface area contributed by atoms with Gasteiger partial charge in [0.25, 0.3) is 10.1 Å². The Labute approximate surface area is 246 Å². The highest BCUT2D eigenvalue weighted by molar-refractivity contribution is 7.85. The summed E-state index contributed by atoms with van der Waals surface area (Å²) >= 11 is 0. The fraction of sp³-hybridized carbons (Fsp3) is 0.258. The highest BCUT2D eigenvalue weighted by atomic mass is 32.2. The number of amides is 3. The van der Waals surface area contributed by atoms with Crippen LogP contribution in [0, 0.1) is 0 Å². The minimum atomic E-state index is -3.65. The number of carbonyl (C=O) groups is 3. The fourth-order valence-corrected chi connectivity index (χ4v) is 4.22. The Morgan fingerprint density at radius 1 is 0.833 bits per heavy atom. The number of para-hydroxylation sites is 3. The second-order valence-electron chi connectivity index (χ2n) is 10.4. The smallest absolute Gasteiger partial charge is 0.412 e. The zero-order chi connectivity index (χ0) is 30.8. The molecule has 11 heteroatoms. The maximum atomic E-state index is 13.1. The third-order valence-corrected chi connectivity index (χ3v) is 6.24. The molecule has 0 aliphatic carbocycles. The Hall–Kier alpha value is -4.48. The van der Waals surface area contributed by atoms with Gasteiger partial charge in [0.2, 0.25) is 11.8 Å². The van der Waals surface area contributed by atoms with E-state index in [2.05, 4.69) is 16.0 Å². The summed E-state index contributed by atoms with van der Waals surface area (Å²) in [4.78, 5) is 37.9. The molecular formula is C31H35N3O7S. The van der Waals surface area contributed by atoms with Crippen LogP contribution in [0.25, 0.3) is 6.08 Å². The molecule has 0 heterocycles. The van der Waals surface area contributed by atoms with Crippen LogP contribution >= 0.6 is 0 Å². The molecule has 1 atom stereocenters. The molecule has 3 rings (SSSR count). The maximum Gasteiger partial charge on any atom is 0.412 e. The summed E-state index contributed by atoms with van der Waals surface area (Å²) in [5, 5.41) is 8.22. The first-order valence-electron chi connectivity index (χ1n) is 13.2. The van der Waals surface area contributed by atoms with E-state index in [1.54, 1.807) is 99.6 Å². The van der Waals surface area contributed by atoms with Crippen LogP contribution in [0.1, 0.15) is 44.2 Å². The van der Waals surface area contributed by atoms with Crippen LogP contribution in [0.3, 0.4) is 0 Å². The third kappa shape index (κ3) is 11.2. The first-order valence-corrected chi connectivity index (χ1v) is 15.0. The molecule has 0 aromatic heterocycles. The summed E-state index contributed by atoms with van der Waals surface area (Å²) < 4.78 is 33.0. The number of carbonyl (C=O) groups excluding carboxylic acids is 3. The normalized spacial score (nSPS) is 12.4. The molecule has 0 radical (unpaired) electrons. The Morgan fingerprint density at radius 2 is 1.43 bits per heavy atom. The van der Waals surface area contributed by atoms with Gasteiger partial charge in [0, 0.05) is 11.8 Å². The second kappa shape index (κ2) is 14.4. The quantitative estimate of drug-likeness (QED) is 0.189. The number of hydrogen-bond acceptors (Lipinski definition) is 7.